The van der Waals surface area contributed by atoms with Crippen molar-refractivity contribution in [3.63, 3.8) is 0 Å². The summed E-state index contributed by atoms with van der Waals surface area (Å²) in [5.41, 5.74) is 1.90. The molecule has 0 aliphatic rings. The fourth-order valence-electron chi connectivity index (χ4n) is 3.37. The van der Waals surface area contributed by atoms with Crippen LogP contribution in [0.4, 0.5) is 10.1 Å². The molecule has 0 aliphatic heterocycles. The summed E-state index contributed by atoms with van der Waals surface area (Å²) in [6, 6.07) is 12.3. The Hall–Kier alpha value is -4.46. The van der Waals surface area contributed by atoms with Gasteiger partial charge in [-0.15, -0.1) is 0 Å². The van der Waals surface area contributed by atoms with Crippen molar-refractivity contribution in [3.05, 3.63) is 83.3 Å². The second-order valence-corrected chi connectivity index (χ2v) is 7.22. The number of benzene rings is 3. The van der Waals surface area contributed by atoms with E-state index in [1.165, 1.54) is 58.9 Å². The van der Waals surface area contributed by atoms with Gasteiger partial charge in [0.1, 0.15) is 5.82 Å². The van der Waals surface area contributed by atoms with Crippen molar-refractivity contribution in [3.8, 4) is 28.7 Å². The summed E-state index contributed by atoms with van der Waals surface area (Å²) in [5.74, 6) is 0.701. The Balaban J connectivity index is 1.92. The lowest BCUT2D eigenvalue weighted by Gasteiger charge is -2.13. The molecule has 0 aromatic heterocycles. The number of rotatable bonds is 10. The minimum atomic E-state index is -0.498. The first-order chi connectivity index (χ1) is 16.9. The van der Waals surface area contributed by atoms with E-state index in [2.05, 4.69) is 5.32 Å². The Bertz CT molecular complexity index is 1240. The van der Waals surface area contributed by atoms with E-state index in [-0.39, 0.29) is 17.1 Å². The number of methoxy groups -OCH3 is 4. The largest absolute Gasteiger partial charge is 0.503 e. The predicted molar refractivity (Wildman–Crippen MR) is 133 cm³/mol. The molecule has 0 atom stereocenters. The van der Waals surface area contributed by atoms with Crippen LogP contribution in [-0.4, -0.2) is 39.3 Å². The van der Waals surface area contributed by atoms with Gasteiger partial charge in [-0.25, -0.2) is 4.39 Å². The maximum atomic E-state index is 13.4. The van der Waals surface area contributed by atoms with Gasteiger partial charge in [-0.2, -0.15) is 0 Å². The van der Waals surface area contributed by atoms with Gasteiger partial charge in [0.15, 0.2) is 28.8 Å². The van der Waals surface area contributed by atoms with Crippen LogP contribution >= 0.6 is 0 Å². The molecule has 0 amide bonds. The van der Waals surface area contributed by atoms with Crippen molar-refractivity contribution < 1.29 is 33.2 Å². The molecule has 182 valence electrons. The highest BCUT2D eigenvalue weighted by Crippen LogP contribution is 2.40. The number of hydrogen-bond donors (Lipinski definition) is 2. The summed E-state index contributed by atoms with van der Waals surface area (Å²) in [4.78, 5) is 12.3. The van der Waals surface area contributed by atoms with E-state index in [0.717, 1.165) is 11.6 Å². The molecule has 3 aromatic carbocycles. The number of hydrogen-bond acceptors (Lipinski definition) is 7. The molecule has 3 aromatic rings. The Labute approximate surface area is 203 Å². The molecule has 35 heavy (non-hydrogen) atoms. The molecular weight excluding hydrogens is 453 g/mol. The minimum Gasteiger partial charge on any atom is -0.503 e. The number of anilines is 1. The monoisotopic (exact) mass is 479 g/mol. The van der Waals surface area contributed by atoms with Gasteiger partial charge in [0, 0.05) is 23.4 Å². The lowest BCUT2D eigenvalue weighted by molar-refractivity contribution is 0.104. The molecule has 0 radical (unpaired) electrons. The topological polar surface area (TPSA) is 86.3 Å². The van der Waals surface area contributed by atoms with Gasteiger partial charge >= 0.3 is 0 Å². The van der Waals surface area contributed by atoms with E-state index in [1.54, 1.807) is 36.4 Å². The SMILES string of the molecule is COc1ccc(/C=C\c2cc(OC)c(OC)c(OC)c2)c(N/C=C\C(=O)c2cccc(F)c2)c1O. The van der Waals surface area contributed by atoms with Gasteiger partial charge in [-0.05, 0) is 42.0 Å². The molecule has 7 nitrogen and oxygen atoms in total. The highest BCUT2D eigenvalue weighted by Gasteiger charge is 2.14. The Morgan fingerprint density at radius 3 is 2.17 bits per heavy atom. The molecule has 0 spiro atoms. The van der Waals surface area contributed by atoms with Crippen molar-refractivity contribution >= 4 is 23.6 Å². The standard InChI is InChI=1S/C27H26FNO6/c1-32-22-11-10-18(9-8-17-14-23(33-2)27(35-4)24(15-17)34-3)25(26(22)31)29-13-12-21(30)19-6-5-7-20(28)16-19/h5-16,29,31H,1-4H3/b9-8-,13-12-. The van der Waals surface area contributed by atoms with Crippen LogP contribution < -0.4 is 24.3 Å². The molecule has 0 unspecified atom stereocenters. The lowest BCUT2D eigenvalue weighted by atomic mass is 10.1. The third-order valence-corrected chi connectivity index (χ3v) is 5.11. The lowest BCUT2D eigenvalue weighted by Crippen LogP contribution is -1.98. The summed E-state index contributed by atoms with van der Waals surface area (Å²) in [5, 5.41) is 13.6. The average molecular weight is 480 g/mol. The highest BCUT2D eigenvalue weighted by molar-refractivity contribution is 6.04. The van der Waals surface area contributed by atoms with E-state index >= 15 is 0 Å². The zero-order valence-electron chi connectivity index (χ0n) is 19.8. The molecule has 0 saturated heterocycles. The van der Waals surface area contributed by atoms with Gasteiger partial charge in [-0.3, -0.25) is 4.79 Å². The Kier molecular flexibility index (Phi) is 8.34. The quantitative estimate of drug-likeness (QED) is 0.171. The summed E-state index contributed by atoms with van der Waals surface area (Å²) in [7, 11) is 6.03. The summed E-state index contributed by atoms with van der Waals surface area (Å²) >= 11 is 0. The van der Waals surface area contributed by atoms with Gasteiger partial charge < -0.3 is 29.4 Å². The number of allylic oxidation sites excluding steroid dienone is 1. The smallest absolute Gasteiger partial charge is 0.203 e. The van der Waals surface area contributed by atoms with Crippen molar-refractivity contribution in [2.24, 2.45) is 0 Å². The molecule has 3 rings (SSSR count). The van der Waals surface area contributed by atoms with Crippen LogP contribution in [0.3, 0.4) is 0 Å². The van der Waals surface area contributed by atoms with E-state index < -0.39 is 11.6 Å². The normalized spacial score (nSPS) is 11.0. The molecule has 2 N–H and O–H groups in total. The first-order valence-corrected chi connectivity index (χ1v) is 10.5. The zero-order chi connectivity index (χ0) is 25.4. The number of carbonyl (C=O) groups is 1. The molecule has 0 aliphatic carbocycles. The molecule has 8 heteroatoms. The van der Waals surface area contributed by atoms with Crippen molar-refractivity contribution in [2.45, 2.75) is 0 Å². The van der Waals surface area contributed by atoms with Crippen LogP contribution in [-0.2, 0) is 0 Å². The minimum absolute atomic E-state index is 0.137. The number of ketones is 1. The van der Waals surface area contributed by atoms with Gasteiger partial charge in [0.05, 0.1) is 34.1 Å². The number of phenolic OH excluding ortho intramolecular Hbond substituents is 1. The summed E-state index contributed by atoms with van der Waals surface area (Å²) in [6.45, 7) is 0. The van der Waals surface area contributed by atoms with Crippen molar-refractivity contribution in [1.29, 1.82) is 0 Å². The van der Waals surface area contributed by atoms with E-state index in [0.29, 0.717) is 28.5 Å². The van der Waals surface area contributed by atoms with Crippen LogP contribution in [0.15, 0.2) is 60.8 Å². The van der Waals surface area contributed by atoms with Crippen molar-refractivity contribution in [2.75, 3.05) is 33.8 Å². The fourth-order valence-corrected chi connectivity index (χ4v) is 3.37. The first kappa shape index (κ1) is 25.2. The number of phenols is 1. The number of carbonyl (C=O) groups excluding carboxylic acids is 1. The van der Waals surface area contributed by atoms with Crippen LogP contribution in [0.25, 0.3) is 12.2 Å². The highest BCUT2D eigenvalue weighted by atomic mass is 19.1. The maximum Gasteiger partial charge on any atom is 0.203 e. The maximum absolute atomic E-state index is 13.4. The van der Waals surface area contributed by atoms with Crippen LogP contribution in [0.2, 0.25) is 0 Å². The average Bonchev–Trinajstić information content (AvgIpc) is 2.87. The predicted octanol–water partition coefficient (Wildman–Crippen LogP) is 5.54. The van der Waals surface area contributed by atoms with E-state index in [4.69, 9.17) is 18.9 Å². The Morgan fingerprint density at radius 1 is 0.886 bits per heavy atom. The van der Waals surface area contributed by atoms with Crippen LogP contribution in [0.5, 0.6) is 28.7 Å². The molecule has 0 heterocycles. The van der Waals surface area contributed by atoms with Crippen molar-refractivity contribution in [1.82, 2.24) is 0 Å². The Morgan fingerprint density at radius 2 is 1.57 bits per heavy atom. The third-order valence-electron chi connectivity index (χ3n) is 5.11. The van der Waals surface area contributed by atoms with Gasteiger partial charge in [0.25, 0.3) is 0 Å². The number of aromatic hydroxyl groups is 1. The molecule has 0 saturated carbocycles. The number of halogens is 1. The number of nitrogens with one attached hydrogen (secondary N) is 1. The first-order valence-electron chi connectivity index (χ1n) is 10.5. The van der Waals surface area contributed by atoms with E-state index in [1.807, 2.05) is 0 Å². The van der Waals surface area contributed by atoms with E-state index in [9.17, 15) is 14.3 Å². The molecule has 0 bridgehead atoms. The second kappa shape index (κ2) is 11.6. The zero-order valence-corrected chi connectivity index (χ0v) is 19.8. The number of ether oxygens (including phenoxy) is 4. The summed E-state index contributed by atoms with van der Waals surface area (Å²) in [6.07, 6.45) is 6.20. The van der Waals surface area contributed by atoms with Gasteiger partial charge in [0.2, 0.25) is 5.75 Å². The van der Waals surface area contributed by atoms with Crippen LogP contribution in [0, 0.1) is 5.82 Å². The third kappa shape index (κ3) is 5.92. The van der Waals surface area contributed by atoms with Gasteiger partial charge in [-0.1, -0.05) is 24.3 Å². The second-order valence-electron chi connectivity index (χ2n) is 7.22. The fraction of sp³-hybridized carbons (Fsp3) is 0.148. The molecule has 0 fully saturated rings. The van der Waals surface area contributed by atoms with Crippen LogP contribution in [0.1, 0.15) is 21.5 Å². The summed E-state index contributed by atoms with van der Waals surface area (Å²) < 4.78 is 34.7. The molecular formula is C27H26FNO6.